The lowest BCUT2D eigenvalue weighted by molar-refractivity contribution is 0.0767. The maximum atomic E-state index is 13.7. The Morgan fingerprint density at radius 3 is 2.48 bits per heavy atom. The first kappa shape index (κ1) is 15.0. The fraction of sp³-hybridized carbons (Fsp3) is 0.267. The van der Waals surface area contributed by atoms with Crippen molar-refractivity contribution in [3.8, 4) is 12.1 Å². The third kappa shape index (κ3) is 3.36. The molecular formula is C15H12FN3OS. The van der Waals surface area contributed by atoms with E-state index in [0.29, 0.717) is 15.0 Å². The van der Waals surface area contributed by atoms with Crippen LogP contribution in [-0.2, 0) is 0 Å². The molecule has 0 saturated carbocycles. The lowest BCUT2D eigenvalue weighted by atomic mass is 10.2. The average Bonchev–Trinajstić information content (AvgIpc) is 2.92. The summed E-state index contributed by atoms with van der Waals surface area (Å²) in [6, 6.07) is 10.2. The second kappa shape index (κ2) is 6.83. The number of hydrogen-bond acceptors (Lipinski definition) is 4. The number of carbonyl (C=O) groups excluding carboxylic acids is 1. The number of carbonyl (C=O) groups is 1. The predicted molar refractivity (Wildman–Crippen MR) is 78.1 cm³/mol. The largest absolute Gasteiger partial charge is 0.336 e. The lowest BCUT2D eigenvalue weighted by Gasteiger charge is -2.19. The van der Waals surface area contributed by atoms with E-state index in [1.165, 1.54) is 28.4 Å². The highest BCUT2D eigenvalue weighted by atomic mass is 32.1. The van der Waals surface area contributed by atoms with Gasteiger partial charge in [-0.2, -0.15) is 10.5 Å². The number of fused-ring (bicyclic) bond motifs is 1. The van der Waals surface area contributed by atoms with Crippen LogP contribution in [0, 0.1) is 28.5 Å². The van der Waals surface area contributed by atoms with Crippen molar-refractivity contribution in [2.24, 2.45) is 0 Å². The molecule has 4 nitrogen and oxygen atoms in total. The molecule has 1 aromatic carbocycles. The molecular weight excluding hydrogens is 289 g/mol. The number of nitriles is 2. The first-order valence-electron chi connectivity index (χ1n) is 6.38. The Hall–Kier alpha value is -2.44. The van der Waals surface area contributed by atoms with E-state index in [0.717, 1.165) is 0 Å². The van der Waals surface area contributed by atoms with Gasteiger partial charge >= 0.3 is 0 Å². The van der Waals surface area contributed by atoms with Crippen LogP contribution in [0.2, 0.25) is 0 Å². The van der Waals surface area contributed by atoms with Gasteiger partial charge in [-0.05, 0) is 18.2 Å². The van der Waals surface area contributed by atoms with E-state index in [-0.39, 0.29) is 37.7 Å². The molecule has 2 aromatic rings. The minimum atomic E-state index is -0.358. The lowest BCUT2D eigenvalue weighted by Crippen LogP contribution is -2.32. The number of rotatable bonds is 5. The SMILES string of the molecule is N#CCCN(CCC#N)C(=O)c1cc2c(F)cccc2s1. The quantitative estimate of drug-likeness (QED) is 0.850. The van der Waals surface area contributed by atoms with Gasteiger partial charge in [0.05, 0.1) is 29.9 Å². The smallest absolute Gasteiger partial charge is 0.264 e. The minimum absolute atomic E-state index is 0.205. The van der Waals surface area contributed by atoms with Crippen molar-refractivity contribution in [1.29, 1.82) is 10.5 Å². The summed E-state index contributed by atoms with van der Waals surface area (Å²) in [5.74, 6) is -0.621. The second-order valence-corrected chi connectivity index (χ2v) is 5.45. The van der Waals surface area contributed by atoms with E-state index in [2.05, 4.69) is 0 Å². The molecule has 2 rings (SSSR count). The summed E-state index contributed by atoms with van der Waals surface area (Å²) >= 11 is 1.22. The Labute approximate surface area is 125 Å². The van der Waals surface area contributed by atoms with Gasteiger partial charge in [0, 0.05) is 23.2 Å². The molecule has 1 heterocycles. The van der Waals surface area contributed by atoms with Gasteiger partial charge in [-0.3, -0.25) is 4.79 Å². The van der Waals surface area contributed by atoms with Crippen LogP contribution < -0.4 is 0 Å². The fourth-order valence-electron chi connectivity index (χ4n) is 1.97. The standard InChI is InChI=1S/C15H12FN3OS/c16-12-4-1-5-13-11(12)10-14(21-13)15(20)19(8-2-6-17)9-3-7-18/h1,4-5,10H,2-3,8-9H2. The summed E-state index contributed by atoms with van der Waals surface area (Å²) in [6.07, 6.45) is 0.410. The van der Waals surface area contributed by atoms with Gasteiger partial charge in [0.25, 0.3) is 5.91 Å². The molecule has 0 N–H and O–H groups in total. The van der Waals surface area contributed by atoms with E-state index >= 15 is 0 Å². The van der Waals surface area contributed by atoms with Gasteiger partial charge in [0.1, 0.15) is 5.82 Å². The van der Waals surface area contributed by atoms with Crippen molar-refractivity contribution in [1.82, 2.24) is 4.90 Å². The molecule has 21 heavy (non-hydrogen) atoms. The van der Waals surface area contributed by atoms with E-state index in [4.69, 9.17) is 10.5 Å². The third-order valence-electron chi connectivity index (χ3n) is 2.99. The summed E-state index contributed by atoms with van der Waals surface area (Å²) in [5, 5.41) is 17.7. The van der Waals surface area contributed by atoms with Gasteiger partial charge in [-0.25, -0.2) is 4.39 Å². The first-order valence-corrected chi connectivity index (χ1v) is 7.20. The first-order chi connectivity index (χ1) is 10.2. The van der Waals surface area contributed by atoms with E-state index in [1.807, 2.05) is 12.1 Å². The summed E-state index contributed by atoms with van der Waals surface area (Å²) < 4.78 is 14.4. The van der Waals surface area contributed by atoms with Gasteiger partial charge in [0.15, 0.2) is 0 Å². The molecule has 0 atom stereocenters. The number of thiophene rings is 1. The molecule has 0 unspecified atom stereocenters. The summed E-state index contributed by atoms with van der Waals surface area (Å²) in [5.41, 5.74) is 0. The van der Waals surface area contributed by atoms with Crippen molar-refractivity contribution in [3.05, 3.63) is 35.0 Å². The fourth-order valence-corrected chi connectivity index (χ4v) is 3.01. The number of amides is 1. The normalized spacial score (nSPS) is 10.0. The van der Waals surface area contributed by atoms with Gasteiger partial charge in [-0.1, -0.05) is 6.07 Å². The molecule has 6 heteroatoms. The maximum Gasteiger partial charge on any atom is 0.264 e. The molecule has 106 valence electrons. The van der Waals surface area contributed by atoms with Gasteiger partial charge in [-0.15, -0.1) is 11.3 Å². The van der Waals surface area contributed by atoms with E-state index < -0.39 is 0 Å². The molecule has 1 amide bonds. The zero-order chi connectivity index (χ0) is 15.2. The highest BCUT2D eigenvalue weighted by Gasteiger charge is 2.18. The number of hydrogen-bond donors (Lipinski definition) is 0. The molecule has 0 bridgehead atoms. The van der Waals surface area contributed by atoms with Crippen LogP contribution in [0.5, 0.6) is 0 Å². The summed E-state index contributed by atoms with van der Waals surface area (Å²) in [7, 11) is 0. The molecule has 0 aliphatic carbocycles. The number of benzene rings is 1. The van der Waals surface area contributed by atoms with Crippen LogP contribution in [0.25, 0.3) is 10.1 Å². The van der Waals surface area contributed by atoms with Crippen LogP contribution in [0.3, 0.4) is 0 Å². The van der Waals surface area contributed by atoms with E-state index in [1.54, 1.807) is 12.1 Å². The summed E-state index contributed by atoms with van der Waals surface area (Å²) in [6.45, 7) is 0.543. The Balaban J connectivity index is 2.27. The van der Waals surface area contributed by atoms with Crippen molar-refractivity contribution < 1.29 is 9.18 Å². The summed E-state index contributed by atoms with van der Waals surface area (Å²) in [4.78, 5) is 14.3. The topological polar surface area (TPSA) is 67.9 Å². The highest BCUT2D eigenvalue weighted by molar-refractivity contribution is 7.20. The van der Waals surface area contributed by atoms with Crippen molar-refractivity contribution in [3.63, 3.8) is 0 Å². The van der Waals surface area contributed by atoms with Gasteiger partial charge in [0.2, 0.25) is 0 Å². The predicted octanol–water partition coefficient (Wildman–Crippen LogP) is 3.31. The van der Waals surface area contributed by atoms with Crippen molar-refractivity contribution in [2.45, 2.75) is 12.8 Å². The molecule has 0 radical (unpaired) electrons. The molecule has 0 aliphatic rings. The maximum absolute atomic E-state index is 13.7. The van der Waals surface area contributed by atoms with Crippen LogP contribution in [0.15, 0.2) is 24.3 Å². The molecule has 0 saturated heterocycles. The Morgan fingerprint density at radius 1 is 1.24 bits per heavy atom. The minimum Gasteiger partial charge on any atom is -0.336 e. The molecule has 0 spiro atoms. The van der Waals surface area contributed by atoms with E-state index in [9.17, 15) is 9.18 Å². The Bertz CT molecular complexity index is 723. The third-order valence-corrected chi connectivity index (χ3v) is 4.08. The molecule has 0 fully saturated rings. The zero-order valence-corrected chi connectivity index (χ0v) is 12.0. The zero-order valence-electron chi connectivity index (χ0n) is 11.2. The number of halogens is 1. The van der Waals surface area contributed by atoms with Crippen LogP contribution in [0.4, 0.5) is 4.39 Å². The average molecular weight is 301 g/mol. The van der Waals surface area contributed by atoms with Crippen LogP contribution in [-0.4, -0.2) is 23.9 Å². The highest BCUT2D eigenvalue weighted by Crippen LogP contribution is 2.28. The Kier molecular flexibility index (Phi) is 4.86. The number of nitrogens with zero attached hydrogens (tertiary/aromatic N) is 3. The van der Waals surface area contributed by atoms with Crippen molar-refractivity contribution in [2.75, 3.05) is 13.1 Å². The molecule has 1 aromatic heterocycles. The van der Waals surface area contributed by atoms with Crippen LogP contribution in [0.1, 0.15) is 22.5 Å². The van der Waals surface area contributed by atoms with Gasteiger partial charge < -0.3 is 4.90 Å². The van der Waals surface area contributed by atoms with Crippen LogP contribution >= 0.6 is 11.3 Å². The monoisotopic (exact) mass is 301 g/mol. The Morgan fingerprint density at radius 2 is 1.90 bits per heavy atom. The van der Waals surface area contributed by atoms with Crippen molar-refractivity contribution >= 4 is 27.3 Å². The molecule has 0 aliphatic heterocycles. The second-order valence-electron chi connectivity index (χ2n) is 4.37.